The summed E-state index contributed by atoms with van der Waals surface area (Å²) in [5.74, 6) is 0.971. The van der Waals surface area contributed by atoms with E-state index < -0.39 is 0 Å². The van der Waals surface area contributed by atoms with Crippen LogP contribution in [-0.2, 0) is 4.74 Å². The highest BCUT2D eigenvalue weighted by atomic mass is 16.5. The van der Waals surface area contributed by atoms with Gasteiger partial charge < -0.3 is 10.1 Å². The lowest BCUT2D eigenvalue weighted by atomic mass is 9.99. The first-order valence-corrected chi connectivity index (χ1v) is 6.56. The molecule has 1 saturated heterocycles. The molecule has 1 N–H and O–H groups in total. The third-order valence-corrected chi connectivity index (χ3v) is 3.63. The number of fused-ring (bicyclic) bond motifs is 1. The maximum absolute atomic E-state index is 11.9. The van der Waals surface area contributed by atoms with Crippen LogP contribution >= 0.6 is 0 Å². The molecule has 0 aromatic carbocycles. The van der Waals surface area contributed by atoms with Gasteiger partial charge in [-0.15, -0.1) is 0 Å². The quantitative estimate of drug-likeness (QED) is 0.832. The number of nitrogens with one attached hydrogen (secondary N) is 1. The number of nitrogens with zero attached hydrogens (tertiary/aromatic N) is 2. The number of esters is 1. The highest BCUT2D eigenvalue weighted by Gasteiger charge is 2.22. The number of pyridine rings is 1. The van der Waals surface area contributed by atoms with Crippen LogP contribution < -0.4 is 5.32 Å². The fourth-order valence-corrected chi connectivity index (χ4v) is 2.70. The van der Waals surface area contributed by atoms with Gasteiger partial charge in [-0.05, 0) is 31.5 Å². The van der Waals surface area contributed by atoms with E-state index in [-0.39, 0.29) is 5.97 Å². The molecule has 1 fully saturated rings. The number of rotatable bonds is 2. The Morgan fingerprint density at radius 3 is 3.16 bits per heavy atom. The van der Waals surface area contributed by atoms with Gasteiger partial charge >= 0.3 is 5.97 Å². The second-order valence-corrected chi connectivity index (χ2v) is 4.82. The van der Waals surface area contributed by atoms with Crippen LogP contribution in [0, 0.1) is 0 Å². The van der Waals surface area contributed by atoms with Crippen LogP contribution in [0.15, 0.2) is 24.4 Å². The normalized spacial score (nSPS) is 19.5. The molecule has 3 rings (SSSR count). The van der Waals surface area contributed by atoms with Gasteiger partial charge in [-0.3, -0.25) is 4.40 Å². The summed E-state index contributed by atoms with van der Waals surface area (Å²) in [6.07, 6.45) is 4.05. The van der Waals surface area contributed by atoms with Crippen molar-refractivity contribution in [3.05, 3.63) is 35.9 Å². The minimum absolute atomic E-state index is 0.325. The van der Waals surface area contributed by atoms with E-state index in [1.807, 2.05) is 22.7 Å². The summed E-state index contributed by atoms with van der Waals surface area (Å²) in [6.45, 7) is 1.97. The van der Waals surface area contributed by atoms with Crippen molar-refractivity contribution < 1.29 is 9.53 Å². The van der Waals surface area contributed by atoms with E-state index in [1.165, 1.54) is 7.11 Å². The second-order valence-electron chi connectivity index (χ2n) is 4.82. The van der Waals surface area contributed by atoms with Gasteiger partial charge in [0.25, 0.3) is 0 Å². The number of hydrogen-bond acceptors (Lipinski definition) is 4. The molecular weight excluding hydrogens is 242 g/mol. The highest BCUT2D eigenvalue weighted by molar-refractivity contribution is 5.88. The Kier molecular flexibility index (Phi) is 3.21. The Bertz CT molecular complexity index is 600. The Labute approximate surface area is 111 Å². The molecule has 0 aliphatic carbocycles. The van der Waals surface area contributed by atoms with E-state index in [0.717, 1.165) is 37.3 Å². The van der Waals surface area contributed by atoms with E-state index in [1.54, 1.807) is 6.07 Å². The molecule has 1 atom stereocenters. The monoisotopic (exact) mass is 259 g/mol. The molecule has 100 valence electrons. The van der Waals surface area contributed by atoms with Gasteiger partial charge in [-0.25, -0.2) is 9.78 Å². The van der Waals surface area contributed by atoms with Crippen molar-refractivity contribution in [2.75, 3.05) is 20.2 Å². The van der Waals surface area contributed by atoms with Gasteiger partial charge in [0.05, 0.1) is 18.8 Å². The summed E-state index contributed by atoms with van der Waals surface area (Å²) >= 11 is 0. The van der Waals surface area contributed by atoms with Crippen LogP contribution in [0.4, 0.5) is 0 Å². The van der Waals surface area contributed by atoms with E-state index >= 15 is 0 Å². The number of aromatic nitrogens is 2. The van der Waals surface area contributed by atoms with Gasteiger partial charge in [-0.1, -0.05) is 6.07 Å². The Hall–Kier alpha value is -1.88. The van der Waals surface area contributed by atoms with Crippen LogP contribution in [0.1, 0.15) is 35.1 Å². The lowest BCUT2D eigenvalue weighted by molar-refractivity contribution is 0.0591. The van der Waals surface area contributed by atoms with Crippen molar-refractivity contribution in [2.24, 2.45) is 0 Å². The average Bonchev–Trinajstić information content (AvgIpc) is 2.91. The molecule has 0 spiro atoms. The van der Waals surface area contributed by atoms with Gasteiger partial charge in [0.1, 0.15) is 11.5 Å². The maximum atomic E-state index is 11.9. The molecule has 2 aromatic rings. The van der Waals surface area contributed by atoms with Gasteiger partial charge in [0, 0.05) is 12.5 Å². The fourth-order valence-electron chi connectivity index (χ4n) is 2.70. The Morgan fingerprint density at radius 2 is 2.42 bits per heavy atom. The summed E-state index contributed by atoms with van der Waals surface area (Å²) < 4.78 is 6.77. The van der Waals surface area contributed by atoms with Crippen LogP contribution in [0.2, 0.25) is 0 Å². The SMILES string of the molecule is COC(=O)c1cccc2cnc(C3CCCNC3)n12. The van der Waals surface area contributed by atoms with Crippen molar-refractivity contribution >= 4 is 11.5 Å². The van der Waals surface area contributed by atoms with Crippen LogP contribution in [0.5, 0.6) is 0 Å². The first kappa shape index (κ1) is 12.2. The van der Waals surface area contributed by atoms with Crippen LogP contribution in [0.3, 0.4) is 0 Å². The lowest BCUT2D eigenvalue weighted by Crippen LogP contribution is -2.29. The number of carbonyl (C=O) groups excluding carboxylic acids is 1. The predicted octanol–water partition coefficient (Wildman–Crippen LogP) is 1.59. The second kappa shape index (κ2) is 5.01. The molecule has 2 aromatic heterocycles. The lowest BCUT2D eigenvalue weighted by Gasteiger charge is -2.22. The largest absolute Gasteiger partial charge is 0.464 e. The van der Waals surface area contributed by atoms with E-state index in [9.17, 15) is 4.79 Å². The molecule has 1 aliphatic heterocycles. The summed E-state index contributed by atoms with van der Waals surface area (Å²) in [6, 6.07) is 5.59. The van der Waals surface area contributed by atoms with Crippen molar-refractivity contribution in [2.45, 2.75) is 18.8 Å². The number of imidazole rings is 1. The van der Waals surface area contributed by atoms with Crippen molar-refractivity contribution in [1.29, 1.82) is 0 Å². The molecule has 1 aliphatic rings. The molecule has 0 bridgehead atoms. The minimum Gasteiger partial charge on any atom is -0.464 e. The third kappa shape index (κ3) is 2.10. The number of ether oxygens (including phenoxy) is 1. The zero-order chi connectivity index (χ0) is 13.2. The number of piperidine rings is 1. The average molecular weight is 259 g/mol. The fraction of sp³-hybridized carbons (Fsp3) is 0.429. The predicted molar refractivity (Wildman–Crippen MR) is 71.4 cm³/mol. The van der Waals surface area contributed by atoms with Crippen LogP contribution in [0.25, 0.3) is 5.52 Å². The molecule has 0 amide bonds. The smallest absolute Gasteiger partial charge is 0.355 e. The molecular formula is C14H17N3O2. The maximum Gasteiger partial charge on any atom is 0.355 e. The standard InChI is InChI=1S/C14H17N3O2/c1-19-14(18)12-6-2-5-11-9-16-13(17(11)12)10-4-3-7-15-8-10/h2,5-6,9-10,15H,3-4,7-8H2,1H3. The summed E-state index contributed by atoms with van der Waals surface area (Å²) in [5, 5.41) is 3.38. The molecule has 5 nitrogen and oxygen atoms in total. The molecule has 3 heterocycles. The van der Waals surface area contributed by atoms with E-state index in [2.05, 4.69) is 10.3 Å². The zero-order valence-corrected chi connectivity index (χ0v) is 10.9. The molecule has 0 saturated carbocycles. The van der Waals surface area contributed by atoms with Crippen molar-refractivity contribution in [3.8, 4) is 0 Å². The van der Waals surface area contributed by atoms with E-state index in [4.69, 9.17) is 4.74 Å². The Morgan fingerprint density at radius 1 is 1.53 bits per heavy atom. The van der Waals surface area contributed by atoms with Crippen molar-refractivity contribution in [1.82, 2.24) is 14.7 Å². The molecule has 19 heavy (non-hydrogen) atoms. The number of hydrogen-bond donors (Lipinski definition) is 1. The summed E-state index contributed by atoms with van der Waals surface area (Å²) in [5.41, 5.74) is 1.47. The summed E-state index contributed by atoms with van der Waals surface area (Å²) in [4.78, 5) is 16.4. The number of methoxy groups -OCH3 is 1. The van der Waals surface area contributed by atoms with Crippen molar-refractivity contribution in [3.63, 3.8) is 0 Å². The van der Waals surface area contributed by atoms with E-state index in [0.29, 0.717) is 11.6 Å². The topological polar surface area (TPSA) is 55.6 Å². The third-order valence-electron chi connectivity index (χ3n) is 3.63. The number of carbonyl (C=O) groups is 1. The molecule has 5 heteroatoms. The molecule has 1 unspecified atom stereocenters. The first-order valence-electron chi connectivity index (χ1n) is 6.56. The Balaban J connectivity index is 2.11. The zero-order valence-electron chi connectivity index (χ0n) is 10.9. The summed E-state index contributed by atoms with van der Waals surface area (Å²) in [7, 11) is 1.40. The minimum atomic E-state index is -0.325. The van der Waals surface area contributed by atoms with Gasteiger partial charge in [-0.2, -0.15) is 0 Å². The van der Waals surface area contributed by atoms with Gasteiger partial charge in [0.15, 0.2) is 0 Å². The highest BCUT2D eigenvalue weighted by Crippen LogP contribution is 2.24. The van der Waals surface area contributed by atoms with Crippen LogP contribution in [-0.4, -0.2) is 35.6 Å². The van der Waals surface area contributed by atoms with Gasteiger partial charge in [0.2, 0.25) is 0 Å². The first-order chi connectivity index (χ1) is 9.31. The molecule has 0 radical (unpaired) electrons.